The van der Waals surface area contributed by atoms with Crippen LogP contribution in [0.2, 0.25) is 0 Å². The Morgan fingerprint density at radius 1 is 1.38 bits per heavy atom. The van der Waals surface area contributed by atoms with Crippen molar-refractivity contribution in [3.63, 3.8) is 0 Å². The molecule has 1 amide bonds. The fraction of sp³-hybridized carbons (Fsp3) is 0.167. The molecule has 0 fully saturated rings. The van der Waals surface area contributed by atoms with Gasteiger partial charge in [0.2, 0.25) is 0 Å². The second kappa shape index (κ2) is 4.61. The maximum absolute atomic E-state index is 11.8. The lowest BCUT2D eigenvalue weighted by atomic mass is 10.2. The van der Waals surface area contributed by atoms with Crippen molar-refractivity contribution < 1.29 is 4.79 Å². The maximum atomic E-state index is 11.8. The quantitative estimate of drug-likeness (QED) is 0.852. The van der Waals surface area contributed by atoms with Gasteiger partial charge in [0.25, 0.3) is 5.91 Å². The predicted molar refractivity (Wildman–Crippen MR) is 62.3 cm³/mol. The molecular weight excluding hydrogens is 202 g/mol. The molecule has 1 aromatic carbocycles. The Hall–Kier alpha value is -2.10. The molecule has 1 N–H and O–H groups in total. The molecule has 0 aliphatic heterocycles. The van der Waals surface area contributed by atoms with Gasteiger partial charge in [0.05, 0.1) is 11.9 Å². The van der Waals surface area contributed by atoms with E-state index in [0.29, 0.717) is 5.56 Å². The number of amides is 1. The van der Waals surface area contributed by atoms with Crippen LogP contribution in [-0.2, 0) is 6.54 Å². The largest absolute Gasteiger partial charge is 0.319 e. The molecule has 2 aromatic rings. The van der Waals surface area contributed by atoms with E-state index in [9.17, 15) is 4.79 Å². The molecule has 0 saturated heterocycles. The zero-order valence-electron chi connectivity index (χ0n) is 9.05. The van der Waals surface area contributed by atoms with Crippen LogP contribution in [0.25, 0.3) is 0 Å². The first-order chi connectivity index (χ1) is 7.79. The zero-order chi connectivity index (χ0) is 11.4. The van der Waals surface area contributed by atoms with Crippen LogP contribution in [0.5, 0.6) is 0 Å². The van der Waals surface area contributed by atoms with Crippen molar-refractivity contribution >= 4 is 11.6 Å². The van der Waals surface area contributed by atoms with E-state index in [0.717, 1.165) is 12.2 Å². The van der Waals surface area contributed by atoms with Crippen molar-refractivity contribution in [1.82, 2.24) is 9.78 Å². The Morgan fingerprint density at radius 2 is 2.12 bits per heavy atom. The Kier molecular flexibility index (Phi) is 3.00. The van der Waals surface area contributed by atoms with E-state index >= 15 is 0 Å². The SMILES string of the molecule is CCn1cc(NC(=O)c2ccccc2)cn1. The van der Waals surface area contributed by atoms with E-state index in [4.69, 9.17) is 0 Å². The summed E-state index contributed by atoms with van der Waals surface area (Å²) in [4.78, 5) is 11.8. The first-order valence-electron chi connectivity index (χ1n) is 5.18. The predicted octanol–water partition coefficient (Wildman–Crippen LogP) is 2.16. The molecule has 0 aliphatic carbocycles. The summed E-state index contributed by atoms with van der Waals surface area (Å²) in [7, 11) is 0. The number of nitrogens with one attached hydrogen (secondary N) is 1. The Balaban J connectivity index is 2.08. The van der Waals surface area contributed by atoms with Crippen LogP contribution >= 0.6 is 0 Å². The van der Waals surface area contributed by atoms with Gasteiger partial charge in [0.15, 0.2) is 0 Å². The second-order valence-corrected chi connectivity index (χ2v) is 3.40. The van der Waals surface area contributed by atoms with Crippen LogP contribution in [0.3, 0.4) is 0 Å². The highest BCUT2D eigenvalue weighted by Gasteiger charge is 2.05. The van der Waals surface area contributed by atoms with Crippen LogP contribution in [0, 0.1) is 0 Å². The topological polar surface area (TPSA) is 46.9 Å². The van der Waals surface area contributed by atoms with Crippen molar-refractivity contribution in [2.24, 2.45) is 0 Å². The first-order valence-corrected chi connectivity index (χ1v) is 5.18. The van der Waals surface area contributed by atoms with Gasteiger partial charge in [-0.25, -0.2) is 0 Å². The molecule has 0 aliphatic rings. The van der Waals surface area contributed by atoms with E-state index in [2.05, 4.69) is 10.4 Å². The van der Waals surface area contributed by atoms with Crippen LogP contribution in [0.4, 0.5) is 5.69 Å². The Labute approximate surface area is 93.9 Å². The molecule has 4 nitrogen and oxygen atoms in total. The average molecular weight is 215 g/mol. The lowest BCUT2D eigenvalue weighted by molar-refractivity contribution is 0.102. The molecule has 1 aromatic heterocycles. The molecule has 0 saturated carbocycles. The van der Waals surface area contributed by atoms with Crippen molar-refractivity contribution in [2.45, 2.75) is 13.5 Å². The standard InChI is InChI=1S/C12H13N3O/c1-2-15-9-11(8-13-15)14-12(16)10-6-4-3-5-7-10/h3-9H,2H2,1H3,(H,14,16). The summed E-state index contributed by atoms with van der Waals surface area (Å²) in [5.74, 6) is -0.115. The Morgan fingerprint density at radius 3 is 2.75 bits per heavy atom. The molecule has 0 spiro atoms. The maximum Gasteiger partial charge on any atom is 0.255 e. The number of rotatable bonds is 3. The van der Waals surface area contributed by atoms with Crippen molar-refractivity contribution in [3.8, 4) is 0 Å². The van der Waals surface area contributed by atoms with Crippen molar-refractivity contribution in [1.29, 1.82) is 0 Å². The lowest BCUT2D eigenvalue weighted by Gasteiger charge is -2.01. The molecule has 4 heteroatoms. The number of carbonyl (C=O) groups excluding carboxylic acids is 1. The van der Waals surface area contributed by atoms with E-state index in [1.165, 1.54) is 0 Å². The summed E-state index contributed by atoms with van der Waals surface area (Å²) >= 11 is 0. The van der Waals surface area contributed by atoms with Crippen LogP contribution in [0.1, 0.15) is 17.3 Å². The third-order valence-corrected chi connectivity index (χ3v) is 2.25. The van der Waals surface area contributed by atoms with Gasteiger partial charge in [-0.15, -0.1) is 0 Å². The fourth-order valence-electron chi connectivity index (χ4n) is 1.39. The number of benzene rings is 1. The zero-order valence-corrected chi connectivity index (χ0v) is 9.05. The van der Waals surface area contributed by atoms with Gasteiger partial charge in [-0.05, 0) is 19.1 Å². The highest BCUT2D eigenvalue weighted by Crippen LogP contribution is 2.07. The minimum atomic E-state index is -0.115. The first kappa shape index (κ1) is 10.4. The number of hydrogen-bond acceptors (Lipinski definition) is 2. The fourth-order valence-corrected chi connectivity index (χ4v) is 1.39. The molecule has 2 rings (SSSR count). The van der Waals surface area contributed by atoms with Crippen LogP contribution in [-0.4, -0.2) is 15.7 Å². The number of nitrogens with zero attached hydrogens (tertiary/aromatic N) is 2. The van der Waals surface area contributed by atoms with Gasteiger partial charge in [-0.2, -0.15) is 5.10 Å². The third kappa shape index (κ3) is 2.28. The number of carbonyl (C=O) groups is 1. The number of aryl methyl sites for hydroxylation is 1. The molecule has 1 heterocycles. The molecule has 0 radical (unpaired) electrons. The van der Waals surface area contributed by atoms with Gasteiger partial charge < -0.3 is 5.32 Å². The molecule has 0 bridgehead atoms. The van der Waals surface area contributed by atoms with Crippen LogP contribution < -0.4 is 5.32 Å². The van der Waals surface area contributed by atoms with Gasteiger partial charge >= 0.3 is 0 Å². The van der Waals surface area contributed by atoms with E-state index in [1.54, 1.807) is 29.2 Å². The summed E-state index contributed by atoms with van der Waals surface area (Å²) in [5, 5.41) is 6.87. The van der Waals surface area contributed by atoms with Gasteiger partial charge in [-0.3, -0.25) is 9.48 Å². The number of hydrogen-bond donors (Lipinski definition) is 1. The highest BCUT2D eigenvalue weighted by atomic mass is 16.1. The van der Waals surface area contributed by atoms with Gasteiger partial charge in [-0.1, -0.05) is 18.2 Å². The Bertz CT molecular complexity index is 476. The molecular formula is C12H13N3O. The summed E-state index contributed by atoms with van der Waals surface area (Å²) in [6.45, 7) is 2.79. The van der Waals surface area contributed by atoms with E-state index in [-0.39, 0.29) is 5.91 Å². The normalized spacial score (nSPS) is 10.1. The van der Waals surface area contributed by atoms with Gasteiger partial charge in [0.1, 0.15) is 0 Å². The van der Waals surface area contributed by atoms with Crippen molar-refractivity contribution in [2.75, 3.05) is 5.32 Å². The smallest absolute Gasteiger partial charge is 0.255 e. The van der Waals surface area contributed by atoms with E-state index in [1.807, 2.05) is 25.1 Å². The highest BCUT2D eigenvalue weighted by molar-refractivity contribution is 6.04. The summed E-state index contributed by atoms with van der Waals surface area (Å²) in [6, 6.07) is 9.11. The van der Waals surface area contributed by atoms with Crippen LogP contribution in [0.15, 0.2) is 42.7 Å². The number of anilines is 1. The minimum absolute atomic E-state index is 0.115. The van der Waals surface area contributed by atoms with Crippen molar-refractivity contribution in [3.05, 3.63) is 48.3 Å². The minimum Gasteiger partial charge on any atom is -0.319 e. The summed E-state index contributed by atoms with van der Waals surface area (Å²) < 4.78 is 1.76. The average Bonchev–Trinajstić information content (AvgIpc) is 2.78. The lowest BCUT2D eigenvalue weighted by Crippen LogP contribution is -2.10. The third-order valence-electron chi connectivity index (χ3n) is 2.25. The van der Waals surface area contributed by atoms with Gasteiger partial charge in [0, 0.05) is 18.3 Å². The molecule has 16 heavy (non-hydrogen) atoms. The summed E-state index contributed by atoms with van der Waals surface area (Å²) in [6.07, 6.45) is 3.45. The molecule has 82 valence electrons. The van der Waals surface area contributed by atoms with E-state index < -0.39 is 0 Å². The molecule has 0 atom stereocenters. The summed E-state index contributed by atoms with van der Waals surface area (Å²) in [5.41, 5.74) is 1.36. The monoisotopic (exact) mass is 215 g/mol. The molecule has 0 unspecified atom stereocenters. The number of aromatic nitrogens is 2. The second-order valence-electron chi connectivity index (χ2n) is 3.40.